The quantitative estimate of drug-likeness (QED) is 0.869. The molecule has 7 heteroatoms. The minimum absolute atomic E-state index is 0.0884. The van der Waals surface area contributed by atoms with Crippen molar-refractivity contribution in [2.24, 2.45) is 0 Å². The molecule has 0 saturated carbocycles. The summed E-state index contributed by atoms with van der Waals surface area (Å²) < 4.78 is 5.33. The summed E-state index contributed by atoms with van der Waals surface area (Å²) in [5.41, 5.74) is 1.95. The van der Waals surface area contributed by atoms with E-state index in [0.717, 1.165) is 11.8 Å². The Bertz CT molecular complexity index is 623. The highest BCUT2D eigenvalue weighted by atomic mass is 32.2. The lowest BCUT2D eigenvalue weighted by molar-refractivity contribution is -0.133. The molecule has 0 atom stereocenters. The second-order valence-electron chi connectivity index (χ2n) is 3.85. The number of amides is 1. The van der Waals surface area contributed by atoms with Crippen molar-refractivity contribution >= 4 is 40.4 Å². The van der Waals surface area contributed by atoms with Crippen LogP contribution in [0.4, 0.5) is 5.69 Å². The van der Waals surface area contributed by atoms with Crippen LogP contribution in [-0.2, 0) is 9.59 Å². The van der Waals surface area contributed by atoms with Crippen LogP contribution in [0.2, 0.25) is 0 Å². The van der Waals surface area contributed by atoms with Gasteiger partial charge >= 0.3 is 5.97 Å². The third-order valence-electron chi connectivity index (χ3n) is 2.24. The summed E-state index contributed by atoms with van der Waals surface area (Å²) in [5.74, 6) is -0.601. The van der Waals surface area contributed by atoms with Gasteiger partial charge in [-0.15, -0.1) is 11.8 Å². The fourth-order valence-electron chi connectivity index (χ4n) is 1.55. The lowest BCUT2D eigenvalue weighted by Crippen LogP contribution is -2.15. The van der Waals surface area contributed by atoms with E-state index in [9.17, 15) is 9.59 Å². The molecule has 1 heterocycles. The number of fused-ring (bicyclic) bond motifs is 1. The number of carbonyl (C=O) groups excluding carboxylic acids is 1. The third-order valence-corrected chi connectivity index (χ3v) is 3.15. The maximum absolute atomic E-state index is 11.6. The molecule has 0 bridgehead atoms. The van der Waals surface area contributed by atoms with Crippen molar-refractivity contribution in [2.45, 2.75) is 6.92 Å². The normalized spacial score (nSPS) is 10.6. The Morgan fingerprint density at radius 3 is 2.95 bits per heavy atom. The number of carboxylic acids is 1. The molecule has 0 aliphatic carbocycles. The van der Waals surface area contributed by atoms with Crippen LogP contribution in [0.15, 0.2) is 22.6 Å². The smallest absolute Gasteiger partial charge is 0.313 e. The van der Waals surface area contributed by atoms with Crippen LogP contribution in [0.3, 0.4) is 0 Å². The van der Waals surface area contributed by atoms with Crippen LogP contribution in [0.1, 0.15) is 5.89 Å². The first-order valence-electron chi connectivity index (χ1n) is 5.51. The summed E-state index contributed by atoms with van der Waals surface area (Å²) in [4.78, 5) is 26.0. The molecule has 1 aromatic heterocycles. The number of aromatic nitrogens is 1. The first kappa shape index (κ1) is 13.4. The lowest BCUT2D eigenvalue weighted by atomic mass is 10.3. The van der Waals surface area contributed by atoms with Crippen LogP contribution < -0.4 is 5.32 Å². The number of nitrogens with one attached hydrogen (secondary N) is 1. The number of benzene rings is 1. The highest BCUT2D eigenvalue weighted by Crippen LogP contribution is 2.19. The molecule has 1 aromatic carbocycles. The largest absolute Gasteiger partial charge is 0.481 e. The molecule has 0 spiro atoms. The van der Waals surface area contributed by atoms with E-state index in [1.165, 1.54) is 0 Å². The predicted molar refractivity (Wildman–Crippen MR) is 72.3 cm³/mol. The van der Waals surface area contributed by atoms with Crippen LogP contribution in [-0.4, -0.2) is 33.5 Å². The Labute approximate surface area is 113 Å². The molecular weight excluding hydrogens is 268 g/mol. The van der Waals surface area contributed by atoms with Crippen LogP contribution in [0, 0.1) is 6.92 Å². The molecule has 2 aromatic rings. The molecule has 1 amide bonds. The van der Waals surface area contributed by atoms with Crippen molar-refractivity contribution in [1.82, 2.24) is 4.98 Å². The van der Waals surface area contributed by atoms with Gasteiger partial charge in [-0.3, -0.25) is 9.59 Å². The van der Waals surface area contributed by atoms with Crippen LogP contribution >= 0.6 is 11.8 Å². The van der Waals surface area contributed by atoms with Gasteiger partial charge in [0.1, 0.15) is 5.52 Å². The van der Waals surface area contributed by atoms with Crippen LogP contribution in [0.5, 0.6) is 0 Å². The van der Waals surface area contributed by atoms with E-state index < -0.39 is 5.97 Å². The Balaban J connectivity index is 1.96. The van der Waals surface area contributed by atoms with Gasteiger partial charge in [-0.2, -0.15) is 0 Å². The molecular formula is C12H12N2O4S. The standard InChI is InChI=1S/C12H12N2O4S/c1-7-13-9-4-8(2-3-10(9)18-7)14-11(15)5-19-6-12(16)17/h2-4H,5-6H2,1H3,(H,14,15)(H,16,17). The van der Waals surface area contributed by atoms with E-state index in [1.807, 2.05) is 0 Å². The van der Waals surface area contributed by atoms with E-state index in [2.05, 4.69) is 10.3 Å². The van der Waals surface area contributed by atoms with Gasteiger partial charge in [0.15, 0.2) is 11.5 Å². The molecule has 6 nitrogen and oxygen atoms in total. The number of carbonyl (C=O) groups is 2. The predicted octanol–water partition coefficient (Wildman–Crippen LogP) is 1.89. The van der Waals surface area contributed by atoms with Gasteiger partial charge in [-0.1, -0.05) is 0 Å². The van der Waals surface area contributed by atoms with Crippen molar-refractivity contribution in [3.8, 4) is 0 Å². The highest BCUT2D eigenvalue weighted by molar-refractivity contribution is 8.00. The second-order valence-corrected chi connectivity index (χ2v) is 4.84. The summed E-state index contributed by atoms with van der Waals surface area (Å²) in [6.07, 6.45) is 0. The number of hydrogen-bond donors (Lipinski definition) is 2. The molecule has 0 fully saturated rings. The van der Waals surface area contributed by atoms with Gasteiger partial charge in [-0.25, -0.2) is 4.98 Å². The molecule has 19 heavy (non-hydrogen) atoms. The molecule has 0 saturated heterocycles. The fourth-order valence-corrected chi connectivity index (χ4v) is 2.08. The number of rotatable bonds is 5. The number of thioether (sulfide) groups is 1. The van der Waals surface area contributed by atoms with Gasteiger partial charge in [-0.05, 0) is 18.2 Å². The maximum Gasteiger partial charge on any atom is 0.313 e. The average Bonchev–Trinajstić information content (AvgIpc) is 2.67. The topological polar surface area (TPSA) is 92.4 Å². The summed E-state index contributed by atoms with van der Waals surface area (Å²) in [6, 6.07) is 5.16. The van der Waals surface area contributed by atoms with Crippen molar-refractivity contribution in [3.63, 3.8) is 0 Å². The number of anilines is 1. The van der Waals surface area contributed by atoms with Crippen molar-refractivity contribution in [1.29, 1.82) is 0 Å². The van der Waals surface area contributed by atoms with E-state index in [1.54, 1.807) is 25.1 Å². The van der Waals surface area contributed by atoms with E-state index in [-0.39, 0.29) is 17.4 Å². The van der Waals surface area contributed by atoms with Crippen molar-refractivity contribution in [2.75, 3.05) is 16.8 Å². The molecule has 0 aliphatic heterocycles. The van der Waals surface area contributed by atoms with Gasteiger partial charge < -0.3 is 14.8 Å². The molecule has 100 valence electrons. The highest BCUT2D eigenvalue weighted by Gasteiger charge is 2.07. The van der Waals surface area contributed by atoms with E-state index >= 15 is 0 Å². The third kappa shape index (κ3) is 3.72. The fraction of sp³-hybridized carbons (Fsp3) is 0.250. The number of carboxylic acid groups (broad SMARTS) is 1. The zero-order valence-electron chi connectivity index (χ0n) is 10.2. The number of aryl methyl sites for hydroxylation is 1. The second kappa shape index (κ2) is 5.75. The lowest BCUT2D eigenvalue weighted by Gasteiger charge is -2.03. The number of oxazole rings is 1. The SMILES string of the molecule is Cc1nc2cc(NC(=O)CSCC(=O)O)ccc2o1. The van der Waals surface area contributed by atoms with Crippen molar-refractivity contribution < 1.29 is 19.1 Å². The Morgan fingerprint density at radius 1 is 1.42 bits per heavy atom. The summed E-state index contributed by atoms with van der Waals surface area (Å²) in [7, 11) is 0. The first-order chi connectivity index (χ1) is 9.04. The van der Waals surface area contributed by atoms with Gasteiger partial charge in [0.05, 0.1) is 11.5 Å². The average molecular weight is 280 g/mol. The van der Waals surface area contributed by atoms with E-state index in [0.29, 0.717) is 22.7 Å². The Kier molecular flexibility index (Phi) is 4.06. The number of nitrogens with zero attached hydrogens (tertiary/aromatic N) is 1. The van der Waals surface area contributed by atoms with Gasteiger partial charge in [0.2, 0.25) is 5.91 Å². The zero-order valence-corrected chi connectivity index (χ0v) is 11.0. The minimum Gasteiger partial charge on any atom is -0.481 e. The summed E-state index contributed by atoms with van der Waals surface area (Å²) in [5, 5.41) is 11.1. The molecule has 2 rings (SSSR count). The Morgan fingerprint density at radius 2 is 2.21 bits per heavy atom. The monoisotopic (exact) mass is 280 g/mol. The molecule has 0 radical (unpaired) electrons. The van der Waals surface area contributed by atoms with Crippen LogP contribution in [0.25, 0.3) is 11.1 Å². The maximum atomic E-state index is 11.6. The zero-order chi connectivity index (χ0) is 13.8. The van der Waals surface area contributed by atoms with Crippen molar-refractivity contribution in [3.05, 3.63) is 24.1 Å². The molecule has 0 unspecified atom stereocenters. The van der Waals surface area contributed by atoms with E-state index in [4.69, 9.17) is 9.52 Å². The molecule has 2 N–H and O–H groups in total. The molecule has 0 aliphatic rings. The number of hydrogen-bond acceptors (Lipinski definition) is 5. The Hall–Kier alpha value is -2.02. The van der Waals surface area contributed by atoms with Gasteiger partial charge in [0.25, 0.3) is 0 Å². The minimum atomic E-state index is -0.933. The number of aliphatic carboxylic acids is 1. The summed E-state index contributed by atoms with van der Waals surface area (Å²) in [6.45, 7) is 1.75. The van der Waals surface area contributed by atoms with Gasteiger partial charge in [0, 0.05) is 12.6 Å². The first-order valence-corrected chi connectivity index (χ1v) is 6.66. The summed E-state index contributed by atoms with van der Waals surface area (Å²) >= 11 is 1.05.